The molecule has 4 rings (SSSR count). The number of nitrogens with one attached hydrogen (secondary N) is 2. The second-order valence-electron chi connectivity index (χ2n) is 5.34. The molecule has 0 amide bonds. The van der Waals surface area contributed by atoms with Crippen LogP contribution in [0.1, 0.15) is 0 Å². The van der Waals surface area contributed by atoms with Gasteiger partial charge in [0, 0.05) is 18.0 Å². The summed E-state index contributed by atoms with van der Waals surface area (Å²) >= 11 is 0. The van der Waals surface area contributed by atoms with Crippen LogP contribution in [-0.4, -0.2) is 16.6 Å². The van der Waals surface area contributed by atoms with Crippen molar-refractivity contribution >= 4 is 18.5 Å². The fraction of sp³-hybridized carbons (Fsp3) is 0.0556. The second-order valence-corrected chi connectivity index (χ2v) is 5.34. The lowest BCUT2D eigenvalue weighted by atomic mass is 10.3. The topological polar surface area (TPSA) is 68.3 Å². The van der Waals surface area contributed by atoms with Gasteiger partial charge < -0.3 is 14.8 Å². The van der Waals surface area contributed by atoms with E-state index in [2.05, 4.69) is 17.0 Å². The number of nitrogens with zero attached hydrogens (tertiary/aromatic N) is 1. The van der Waals surface area contributed by atoms with Crippen molar-refractivity contribution in [1.29, 1.82) is 0 Å². The van der Waals surface area contributed by atoms with E-state index < -0.39 is 0 Å². The van der Waals surface area contributed by atoms with Crippen LogP contribution in [0.4, 0.5) is 5.69 Å². The van der Waals surface area contributed by atoms with Gasteiger partial charge in [0.2, 0.25) is 6.79 Å². The molecule has 1 aliphatic rings. The molecule has 0 radical (unpaired) electrons. The van der Waals surface area contributed by atoms with Crippen molar-refractivity contribution in [1.82, 2.24) is 9.78 Å². The molecule has 2 N–H and O–H groups in total. The number of anilines is 1. The molecule has 2 heterocycles. The fourth-order valence-electron chi connectivity index (χ4n) is 2.55. The van der Waals surface area contributed by atoms with Crippen molar-refractivity contribution in [3.63, 3.8) is 0 Å². The first-order chi connectivity index (χ1) is 11.7. The Hall–Kier alpha value is -3.41. The van der Waals surface area contributed by atoms with Crippen LogP contribution >= 0.6 is 0 Å². The van der Waals surface area contributed by atoms with Crippen LogP contribution in [0.15, 0.2) is 53.3 Å². The summed E-state index contributed by atoms with van der Waals surface area (Å²) in [5.41, 5.74) is 1.39. The first-order valence-corrected chi connectivity index (χ1v) is 7.44. The number of benzene rings is 2. The van der Waals surface area contributed by atoms with Crippen LogP contribution in [0.25, 0.3) is 18.5 Å². The van der Waals surface area contributed by atoms with E-state index in [1.165, 1.54) is 4.68 Å². The van der Waals surface area contributed by atoms with Gasteiger partial charge in [-0.05, 0) is 24.3 Å². The first kappa shape index (κ1) is 14.2. The molecule has 1 aliphatic heterocycles. The highest BCUT2D eigenvalue weighted by molar-refractivity contribution is 5.61. The highest BCUT2D eigenvalue weighted by Gasteiger charge is 2.12. The highest BCUT2D eigenvalue weighted by atomic mass is 16.7. The Labute approximate surface area is 137 Å². The molecule has 3 aromatic rings. The molecular formula is C18H15N3O3. The first-order valence-electron chi connectivity index (χ1n) is 7.44. The van der Waals surface area contributed by atoms with Crippen molar-refractivity contribution in [2.24, 2.45) is 0 Å². The normalized spacial score (nSPS) is 13.2. The average molecular weight is 321 g/mol. The van der Waals surface area contributed by atoms with Crippen molar-refractivity contribution in [3.8, 4) is 17.2 Å². The molecule has 1 aromatic heterocycles. The van der Waals surface area contributed by atoms with E-state index in [9.17, 15) is 4.79 Å². The van der Waals surface area contributed by atoms with Gasteiger partial charge in [-0.25, -0.2) is 4.68 Å². The molecule has 0 bridgehead atoms. The molecule has 0 fully saturated rings. The van der Waals surface area contributed by atoms with Gasteiger partial charge in [-0.15, -0.1) is 0 Å². The maximum Gasteiger partial charge on any atom is 0.280 e. The summed E-state index contributed by atoms with van der Waals surface area (Å²) in [4.78, 5) is 12.6. The molecule has 2 aromatic carbocycles. The summed E-state index contributed by atoms with van der Waals surface area (Å²) in [5, 5.41) is 7.10. The minimum atomic E-state index is -0.167. The van der Waals surface area contributed by atoms with Gasteiger partial charge in [0.05, 0.1) is 16.3 Å². The average Bonchev–Trinajstić information content (AvgIpc) is 3.18. The van der Waals surface area contributed by atoms with Crippen molar-refractivity contribution in [3.05, 3.63) is 69.5 Å². The second kappa shape index (κ2) is 5.66. The maximum absolute atomic E-state index is 12.6. The number of fused-ring (bicyclic) bond motifs is 1. The number of ether oxygens (including phenoxy) is 2. The minimum Gasteiger partial charge on any atom is -0.454 e. The Morgan fingerprint density at radius 1 is 1.12 bits per heavy atom. The molecule has 0 unspecified atom stereocenters. The number of para-hydroxylation sites is 1. The van der Waals surface area contributed by atoms with Gasteiger partial charge in [-0.1, -0.05) is 24.8 Å². The van der Waals surface area contributed by atoms with E-state index in [-0.39, 0.29) is 12.4 Å². The van der Waals surface area contributed by atoms with Crippen LogP contribution < -0.4 is 30.9 Å². The zero-order valence-corrected chi connectivity index (χ0v) is 12.8. The summed E-state index contributed by atoms with van der Waals surface area (Å²) in [7, 11) is 0. The minimum absolute atomic E-state index is 0.167. The van der Waals surface area contributed by atoms with Gasteiger partial charge in [0.1, 0.15) is 0 Å². The molecule has 0 saturated heterocycles. The number of hydrogen-bond acceptors (Lipinski definition) is 4. The SMILES string of the molecule is C=c1[nH]n(-c2ccccc2)c(=O)/c1=C\Nc1ccc2c(c1)OCO2. The summed E-state index contributed by atoms with van der Waals surface area (Å²) in [5.74, 6) is 1.39. The summed E-state index contributed by atoms with van der Waals surface area (Å²) in [6.07, 6.45) is 1.64. The summed E-state index contributed by atoms with van der Waals surface area (Å²) in [6, 6.07) is 14.9. The standard InChI is InChI=1S/C18H15N3O3/c1-12-15(18(22)21(20-12)14-5-3-2-4-6-14)10-19-13-7-8-16-17(9-13)24-11-23-16/h2-10,19-20H,1,11H2/b15-10-. The molecular weight excluding hydrogens is 306 g/mol. The Morgan fingerprint density at radius 2 is 1.92 bits per heavy atom. The lowest BCUT2D eigenvalue weighted by Gasteiger charge is -2.01. The van der Waals surface area contributed by atoms with E-state index in [0.29, 0.717) is 22.1 Å². The largest absolute Gasteiger partial charge is 0.454 e. The van der Waals surface area contributed by atoms with E-state index >= 15 is 0 Å². The van der Waals surface area contributed by atoms with Crippen LogP contribution in [0, 0.1) is 0 Å². The van der Waals surface area contributed by atoms with E-state index in [1.807, 2.05) is 48.5 Å². The van der Waals surface area contributed by atoms with Crippen LogP contribution in [0.3, 0.4) is 0 Å². The number of aromatic amines is 1. The molecule has 0 aliphatic carbocycles. The van der Waals surface area contributed by atoms with E-state index in [4.69, 9.17) is 9.47 Å². The molecule has 0 spiro atoms. The fourth-order valence-corrected chi connectivity index (χ4v) is 2.55. The number of hydrogen-bond donors (Lipinski definition) is 2. The molecule has 120 valence electrons. The van der Waals surface area contributed by atoms with Crippen molar-refractivity contribution < 1.29 is 9.47 Å². The summed E-state index contributed by atoms with van der Waals surface area (Å²) < 4.78 is 12.1. The monoisotopic (exact) mass is 321 g/mol. The van der Waals surface area contributed by atoms with Crippen molar-refractivity contribution in [2.45, 2.75) is 0 Å². The number of aromatic nitrogens is 2. The zero-order chi connectivity index (χ0) is 16.5. The van der Waals surface area contributed by atoms with E-state index in [1.54, 1.807) is 6.20 Å². The number of rotatable bonds is 3. The van der Waals surface area contributed by atoms with Crippen LogP contribution in [0.2, 0.25) is 0 Å². The van der Waals surface area contributed by atoms with Gasteiger partial charge >= 0.3 is 0 Å². The quantitative estimate of drug-likeness (QED) is 0.759. The predicted molar refractivity (Wildman–Crippen MR) is 91.8 cm³/mol. The molecule has 0 saturated carbocycles. The number of H-pyrrole nitrogens is 1. The van der Waals surface area contributed by atoms with Crippen molar-refractivity contribution in [2.75, 3.05) is 12.1 Å². The maximum atomic E-state index is 12.6. The zero-order valence-electron chi connectivity index (χ0n) is 12.8. The highest BCUT2D eigenvalue weighted by Crippen LogP contribution is 2.34. The Morgan fingerprint density at radius 3 is 2.75 bits per heavy atom. The third-order valence-corrected chi connectivity index (χ3v) is 3.78. The van der Waals surface area contributed by atoms with Gasteiger partial charge in [-0.2, -0.15) is 0 Å². The molecule has 6 heteroatoms. The Bertz CT molecular complexity index is 1050. The van der Waals surface area contributed by atoms with Crippen LogP contribution in [-0.2, 0) is 0 Å². The lowest BCUT2D eigenvalue weighted by Crippen LogP contribution is -2.34. The van der Waals surface area contributed by atoms with E-state index in [0.717, 1.165) is 11.4 Å². The molecule has 24 heavy (non-hydrogen) atoms. The summed E-state index contributed by atoms with van der Waals surface area (Å²) in [6.45, 7) is 4.13. The predicted octanol–water partition coefficient (Wildman–Crippen LogP) is 1.15. The van der Waals surface area contributed by atoms with Gasteiger partial charge in [-0.3, -0.25) is 9.89 Å². The van der Waals surface area contributed by atoms with Gasteiger partial charge in [0.25, 0.3) is 5.56 Å². The third-order valence-electron chi connectivity index (χ3n) is 3.78. The van der Waals surface area contributed by atoms with Crippen LogP contribution in [0.5, 0.6) is 11.5 Å². The molecule has 0 atom stereocenters. The Balaban J connectivity index is 1.70. The smallest absolute Gasteiger partial charge is 0.280 e. The molecule has 6 nitrogen and oxygen atoms in total. The Kier molecular flexibility index (Phi) is 3.35. The third kappa shape index (κ3) is 2.44. The lowest BCUT2D eigenvalue weighted by molar-refractivity contribution is 0.174. The van der Waals surface area contributed by atoms with Gasteiger partial charge in [0.15, 0.2) is 11.5 Å².